The van der Waals surface area contributed by atoms with Crippen LogP contribution in [0.3, 0.4) is 0 Å². The Morgan fingerprint density at radius 3 is 1.91 bits per heavy atom. The second kappa shape index (κ2) is 12.1. The predicted octanol–water partition coefficient (Wildman–Crippen LogP) is -6.64. The van der Waals surface area contributed by atoms with Crippen molar-refractivity contribution in [2.24, 2.45) is 22.9 Å². The normalized spacial score (nSPS) is 49.9. The van der Waals surface area contributed by atoms with Crippen molar-refractivity contribution >= 4 is 0 Å². The van der Waals surface area contributed by atoms with Crippen LogP contribution in [0.1, 0.15) is 6.42 Å². The zero-order valence-corrected chi connectivity index (χ0v) is 18.7. The predicted molar refractivity (Wildman–Crippen MR) is 113 cm³/mol. The van der Waals surface area contributed by atoms with Crippen LogP contribution in [0.5, 0.6) is 0 Å². The van der Waals surface area contributed by atoms with Gasteiger partial charge in [0.1, 0.15) is 42.7 Å². The van der Waals surface area contributed by atoms with Crippen LogP contribution >= 0.6 is 0 Å². The quantitative estimate of drug-likeness (QED) is 0.132. The molecule has 1 unspecified atom stereocenters. The van der Waals surface area contributed by atoms with E-state index in [4.69, 9.17) is 51.7 Å². The lowest BCUT2D eigenvalue weighted by Gasteiger charge is -2.42. The van der Waals surface area contributed by atoms with Gasteiger partial charge in [-0.2, -0.15) is 0 Å². The minimum Gasteiger partial charge on any atom is -0.394 e. The minimum atomic E-state index is -1.48. The second-order valence-corrected chi connectivity index (χ2v) is 8.92. The summed E-state index contributed by atoms with van der Waals surface area (Å²) in [5.74, 6) is 0. The van der Waals surface area contributed by atoms with Crippen LogP contribution < -0.4 is 22.9 Å². The van der Waals surface area contributed by atoms with Crippen molar-refractivity contribution < 1.29 is 54.3 Å². The lowest BCUT2D eigenvalue weighted by molar-refractivity contribution is -0.280. The molecule has 3 rings (SSSR count). The first-order chi connectivity index (χ1) is 16.1. The summed E-state index contributed by atoms with van der Waals surface area (Å²) in [5, 5.41) is 61.0. The smallest absolute Gasteiger partial charge is 0.187 e. The molecule has 0 radical (unpaired) electrons. The van der Waals surface area contributed by atoms with E-state index < -0.39 is 85.6 Å². The van der Waals surface area contributed by atoms with Gasteiger partial charge in [-0.3, -0.25) is 0 Å². The first-order valence-corrected chi connectivity index (χ1v) is 11.3. The first-order valence-electron chi connectivity index (χ1n) is 11.3. The summed E-state index contributed by atoms with van der Waals surface area (Å²) < 4.78 is 28.2. The molecule has 0 bridgehead atoms. The van der Waals surface area contributed by atoms with Crippen LogP contribution in [0, 0.1) is 0 Å². The average Bonchev–Trinajstić information content (AvgIpc) is 3.10. The molecule has 2 aliphatic heterocycles. The van der Waals surface area contributed by atoms with Crippen LogP contribution in [-0.4, -0.2) is 143 Å². The van der Waals surface area contributed by atoms with E-state index in [0.29, 0.717) is 0 Å². The van der Waals surface area contributed by atoms with Crippen molar-refractivity contribution in [3.8, 4) is 0 Å². The second-order valence-electron chi connectivity index (χ2n) is 8.92. The topological polar surface area (TPSA) is 272 Å². The highest BCUT2D eigenvalue weighted by atomic mass is 16.8. The summed E-state index contributed by atoms with van der Waals surface area (Å²) in [6.45, 7) is -0.529. The van der Waals surface area contributed by atoms with Gasteiger partial charge in [-0.15, -0.1) is 0 Å². The molecule has 15 heteroatoms. The van der Waals surface area contributed by atoms with E-state index in [2.05, 4.69) is 0 Å². The van der Waals surface area contributed by atoms with Crippen LogP contribution in [0.15, 0.2) is 0 Å². The maximum Gasteiger partial charge on any atom is 0.187 e. The Bertz CT molecular complexity index is 623. The third-order valence-corrected chi connectivity index (χ3v) is 6.47. The Kier molecular flexibility index (Phi) is 9.95. The molecule has 3 fully saturated rings. The van der Waals surface area contributed by atoms with Gasteiger partial charge in [0.25, 0.3) is 0 Å². The molecule has 0 aromatic rings. The van der Waals surface area contributed by atoms with Crippen molar-refractivity contribution in [2.45, 2.75) is 92.1 Å². The van der Waals surface area contributed by atoms with Crippen molar-refractivity contribution in [3.05, 3.63) is 0 Å². The zero-order valence-electron chi connectivity index (χ0n) is 18.7. The SMILES string of the molecule is NC[C@H]1O[C@@H](O[C@H]2[C@@H](O)[C@H](OC3[C@@H](O)[C@H](N)C[C@H](N)[C@H]3O)O[C@@H]2COCCO)[C@@H](N)[C@H](O)[C@H]1O. The monoisotopic (exact) mass is 498 g/mol. The van der Waals surface area contributed by atoms with E-state index in [1.165, 1.54) is 0 Å². The molecule has 2 heterocycles. The van der Waals surface area contributed by atoms with Crippen LogP contribution in [0.25, 0.3) is 0 Å². The standard InChI is InChI=1S/C19H38N4O11/c20-4-8-13(27)14(28)10(23)18(31-8)33-16-9(5-30-2-1-24)32-19(15(16)29)34-17-11(25)6(21)3-7(22)12(17)26/h6-19,24-29H,1-5,20-23H2/t6-,7+,8-,9-,10+,11+,12-,13+,14+,15-,16-,17?,18+,19+/m1/s1. The summed E-state index contributed by atoms with van der Waals surface area (Å²) in [6.07, 6.45) is -13.6. The van der Waals surface area contributed by atoms with Crippen molar-refractivity contribution in [3.63, 3.8) is 0 Å². The molecule has 0 aromatic carbocycles. The van der Waals surface area contributed by atoms with E-state index >= 15 is 0 Å². The highest BCUT2D eigenvalue weighted by Crippen LogP contribution is 2.32. The fourth-order valence-electron chi connectivity index (χ4n) is 4.41. The number of aliphatic hydroxyl groups excluding tert-OH is 6. The molecule has 34 heavy (non-hydrogen) atoms. The number of aliphatic hydroxyl groups is 6. The molecule has 0 amide bonds. The van der Waals surface area contributed by atoms with Crippen LogP contribution in [0.4, 0.5) is 0 Å². The number of rotatable bonds is 9. The van der Waals surface area contributed by atoms with Gasteiger partial charge in [0, 0.05) is 18.6 Å². The summed E-state index contributed by atoms with van der Waals surface area (Å²) in [4.78, 5) is 0. The number of hydrogen-bond acceptors (Lipinski definition) is 15. The summed E-state index contributed by atoms with van der Waals surface area (Å²) in [5.41, 5.74) is 23.3. The van der Waals surface area contributed by atoms with E-state index in [9.17, 15) is 25.5 Å². The number of ether oxygens (including phenoxy) is 5. The fraction of sp³-hybridized carbons (Fsp3) is 1.00. The van der Waals surface area contributed by atoms with Gasteiger partial charge in [-0.1, -0.05) is 0 Å². The van der Waals surface area contributed by atoms with E-state index in [1.54, 1.807) is 0 Å². The van der Waals surface area contributed by atoms with Crippen molar-refractivity contribution in [2.75, 3.05) is 26.4 Å². The molecule has 14 N–H and O–H groups in total. The van der Waals surface area contributed by atoms with E-state index in [0.717, 1.165) is 0 Å². The summed E-state index contributed by atoms with van der Waals surface area (Å²) in [6, 6.07) is -2.69. The van der Waals surface area contributed by atoms with Gasteiger partial charge < -0.3 is 77.3 Å². The Labute approximate surface area is 196 Å². The first kappa shape index (κ1) is 28.0. The van der Waals surface area contributed by atoms with Gasteiger partial charge in [-0.05, 0) is 6.42 Å². The Morgan fingerprint density at radius 2 is 1.32 bits per heavy atom. The van der Waals surface area contributed by atoms with E-state index in [1.807, 2.05) is 0 Å². The minimum absolute atomic E-state index is 0.0163. The Hall–Kier alpha value is -0.600. The fourth-order valence-corrected chi connectivity index (χ4v) is 4.41. The summed E-state index contributed by atoms with van der Waals surface area (Å²) in [7, 11) is 0. The van der Waals surface area contributed by atoms with Crippen LogP contribution in [-0.2, 0) is 23.7 Å². The molecule has 14 atom stereocenters. The third-order valence-electron chi connectivity index (χ3n) is 6.47. The molecule has 2 saturated heterocycles. The van der Waals surface area contributed by atoms with Crippen molar-refractivity contribution in [1.29, 1.82) is 0 Å². The number of hydrogen-bond donors (Lipinski definition) is 10. The van der Waals surface area contributed by atoms with E-state index in [-0.39, 0.29) is 32.8 Å². The Morgan fingerprint density at radius 1 is 0.735 bits per heavy atom. The number of nitrogens with two attached hydrogens (primary N) is 4. The highest BCUT2D eigenvalue weighted by Gasteiger charge is 2.52. The lowest BCUT2D eigenvalue weighted by atomic mass is 9.84. The third kappa shape index (κ3) is 5.86. The molecule has 1 aliphatic carbocycles. The zero-order chi connectivity index (χ0) is 25.2. The molecule has 0 spiro atoms. The molecular weight excluding hydrogens is 460 g/mol. The Balaban J connectivity index is 1.74. The van der Waals surface area contributed by atoms with Gasteiger partial charge in [0.05, 0.1) is 38.1 Å². The molecular formula is C19H38N4O11. The summed E-state index contributed by atoms with van der Waals surface area (Å²) >= 11 is 0. The molecule has 200 valence electrons. The molecule has 3 aliphatic rings. The van der Waals surface area contributed by atoms with Gasteiger partial charge in [0.2, 0.25) is 0 Å². The largest absolute Gasteiger partial charge is 0.394 e. The molecule has 1 saturated carbocycles. The molecule has 15 nitrogen and oxygen atoms in total. The molecule has 0 aromatic heterocycles. The maximum absolute atomic E-state index is 10.9. The highest BCUT2D eigenvalue weighted by molar-refractivity contribution is 5.00. The van der Waals surface area contributed by atoms with Gasteiger partial charge in [-0.25, -0.2) is 0 Å². The average molecular weight is 499 g/mol. The van der Waals surface area contributed by atoms with Gasteiger partial charge in [0.15, 0.2) is 12.6 Å². The lowest BCUT2D eigenvalue weighted by Crippen LogP contribution is -2.64. The maximum atomic E-state index is 10.9. The van der Waals surface area contributed by atoms with Gasteiger partial charge >= 0.3 is 0 Å². The van der Waals surface area contributed by atoms with Crippen LogP contribution in [0.2, 0.25) is 0 Å². The van der Waals surface area contributed by atoms with Crippen molar-refractivity contribution in [1.82, 2.24) is 0 Å².